The Bertz CT molecular complexity index is 658. The van der Waals surface area contributed by atoms with Gasteiger partial charge in [-0.05, 0) is 33.8 Å². The van der Waals surface area contributed by atoms with E-state index in [0.29, 0.717) is 11.3 Å². The molecule has 1 nitrogen and oxygen atoms in total. The summed E-state index contributed by atoms with van der Waals surface area (Å²) in [5.74, 6) is 0.245. The second kappa shape index (κ2) is 4.05. The Kier molecular flexibility index (Phi) is 2.74. The number of nitrogens with two attached hydrogens (primary N) is 1. The summed E-state index contributed by atoms with van der Waals surface area (Å²) in [5, 5.41) is 1.61. The maximum Gasteiger partial charge on any atom is 0.131 e. The Labute approximate surface area is 120 Å². The molecule has 0 bridgehead atoms. The van der Waals surface area contributed by atoms with Crippen LogP contribution < -0.4 is 5.73 Å². The quantitative estimate of drug-likeness (QED) is 0.844. The monoisotopic (exact) mass is 271 g/mol. The van der Waals surface area contributed by atoms with E-state index in [9.17, 15) is 4.39 Å². The Morgan fingerprint density at radius 2 is 1.50 bits per heavy atom. The van der Waals surface area contributed by atoms with Gasteiger partial charge in [-0.1, -0.05) is 58.0 Å². The van der Waals surface area contributed by atoms with Gasteiger partial charge in [-0.25, -0.2) is 4.39 Å². The second-order valence-electron chi connectivity index (χ2n) is 7.13. The Hall–Kier alpha value is -1.41. The number of benzene rings is 2. The molecule has 1 aliphatic carbocycles. The number of hydrogen-bond acceptors (Lipinski definition) is 1. The van der Waals surface area contributed by atoms with E-state index in [1.165, 1.54) is 0 Å². The highest BCUT2D eigenvalue weighted by atomic mass is 19.1. The van der Waals surface area contributed by atoms with Gasteiger partial charge in [0.15, 0.2) is 0 Å². The molecule has 0 saturated heterocycles. The van der Waals surface area contributed by atoms with E-state index in [1.54, 1.807) is 6.07 Å². The largest absolute Gasteiger partial charge is 0.324 e. The Morgan fingerprint density at radius 1 is 0.950 bits per heavy atom. The van der Waals surface area contributed by atoms with Crippen molar-refractivity contribution < 1.29 is 4.39 Å². The van der Waals surface area contributed by atoms with Crippen LogP contribution in [0.15, 0.2) is 36.4 Å². The van der Waals surface area contributed by atoms with Crippen LogP contribution in [0.1, 0.15) is 39.3 Å². The first-order valence-electron chi connectivity index (χ1n) is 7.21. The standard InChI is InChI=1S/C18H22FN/c1-17(2)16(18(17,3)4)15(20)13-9-10-14(19)12-8-6-5-7-11(12)13/h5-10,15-16H,20H2,1-4H3. The fourth-order valence-corrected chi connectivity index (χ4v) is 3.90. The smallest absolute Gasteiger partial charge is 0.131 e. The molecule has 2 aromatic carbocycles. The third-order valence-electron chi connectivity index (χ3n) is 5.76. The van der Waals surface area contributed by atoms with E-state index in [-0.39, 0.29) is 22.7 Å². The van der Waals surface area contributed by atoms with Gasteiger partial charge in [-0.15, -0.1) is 0 Å². The zero-order chi connectivity index (χ0) is 14.7. The van der Waals surface area contributed by atoms with Crippen molar-refractivity contribution in [3.8, 4) is 0 Å². The van der Waals surface area contributed by atoms with Gasteiger partial charge in [0.05, 0.1) is 0 Å². The van der Waals surface area contributed by atoms with Gasteiger partial charge in [0.25, 0.3) is 0 Å². The van der Waals surface area contributed by atoms with Crippen molar-refractivity contribution in [1.82, 2.24) is 0 Å². The van der Waals surface area contributed by atoms with Crippen LogP contribution in [0.3, 0.4) is 0 Å². The highest BCUT2D eigenvalue weighted by molar-refractivity contribution is 5.86. The topological polar surface area (TPSA) is 26.0 Å². The molecular weight excluding hydrogens is 249 g/mol. The van der Waals surface area contributed by atoms with E-state index in [2.05, 4.69) is 27.7 Å². The minimum atomic E-state index is -0.175. The zero-order valence-corrected chi connectivity index (χ0v) is 12.6. The fraction of sp³-hybridized carbons (Fsp3) is 0.444. The van der Waals surface area contributed by atoms with Crippen molar-refractivity contribution in [3.63, 3.8) is 0 Å². The van der Waals surface area contributed by atoms with Crippen LogP contribution in [0.4, 0.5) is 4.39 Å². The van der Waals surface area contributed by atoms with Crippen molar-refractivity contribution in [2.24, 2.45) is 22.5 Å². The van der Waals surface area contributed by atoms with E-state index < -0.39 is 0 Å². The van der Waals surface area contributed by atoms with Crippen LogP contribution in [0.2, 0.25) is 0 Å². The summed E-state index contributed by atoms with van der Waals surface area (Å²) in [7, 11) is 0. The second-order valence-corrected chi connectivity index (χ2v) is 7.13. The van der Waals surface area contributed by atoms with Crippen molar-refractivity contribution in [1.29, 1.82) is 0 Å². The molecule has 106 valence electrons. The molecule has 20 heavy (non-hydrogen) atoms. The number of fused-ring (bicyclic) bond motifs is 1. The molecule has 2 aromatic rings. The summed E-state index contributed by atoms with van der Waals surface area (Å²) < 4.78 is 13.9. The molecule has 0 aromatic heterocycles. The highest BCUT2D eigenvalue weighted by Gasteiger charge is 2.66. The number of rotatable bonds is 2. The molecule has 1 unspecified atom stereocenters. The van der Waals surface area contributed by atoms with Gasteiger partial charge in [0.1, 0.15) is 5.82 Å². The molecule has 0 amide bonds. The van der Waals surface area contributed by atoms with Gasteiger partial charge in [-0.2, -0.15) is 0 Å². The van der Waals surface area contributed by atoms with Gasteiger partial charge >= 0.3 is 0 Å². The summed E-state index contributed by atoms with van der Waals surface area (Å²) >= 11 is 0. The molecule has 3 rings (SSSR count). The van der Waals surface area contributed by atoms with Gasteiger partial charge < -0.3 is 5.73 Å². The fourth-order valence-electron chi connectivity index (χ4n) is 3.90. The predicted octanol–water partition coefficient (Wildman–Crippen LogP) is 4.66. The summed E-state index contributed by atoms with van der Waals surface area (Å²) in [5.41, 5.74) is 8.05. The molecule has 1 aliphatic rings. The minimum Gasteiger partial charge on any atom is -0.324 e. The lowest BCUT2D eigenvalue weighted by molar-refractivity contribution is 0.457. The molecule has 0 spiro atoms. The third kappa shape index (κ3) is 1.64. The zero-order valence-electron chi connectivity index (χ0n) is 12.6. The molecular formula is C18H22FN. The van der Waals surface area contributed by atoms with E-state index >= 15 is 0 Å². The maximum atomic E-state index is 13.9. The average Bonchev–Trinajstić information content (AvgIpc) is 2.80. The maximum absolute atomic E-state index is 13.9. The van der Waals surface area contributed by atoms with E-state index in [1.807, 2.05) is 30.3 Å². The average molecular weight is 271 g/mol. The van der Waals surface area contributed by atoms with Crippen molar-refractivity contribution >= 4 is 10.8 Å². The van der Waals surface area contributed by atoms with Crippen LogP contribution in [0.25, 0.3) is 10.8 Å². The first-order chi connectivity index (χ1) is 9.28. The first-order valence-corrected chi connectivity index (χ1v) is 7.21. The van der Waals surface area contributed by atoms with Crippen molar-refractivity contribution in [3.05, 3.63) is 47.8 Å². The lowest BCUT2D eigenvalue weighted by atomic mass is 9.92. The molecule has 1 saturated carbocycles. The predicted molar refractivity (Wildman–Crippen MR) is 81.9 cm³/mol. The lowest BCUT2D eigenvalue weighted by Crippen LogP contribution is -2.17. The van der Waals surface area contributed by atoms with E-state index in [0.717, 1.165) is 10.9 Å². The van der Waals surface area contributed by atoms with Crippen LogP contribution in [0, 0.1) is 22.6 Å². The van der Waals surface area contributed by atoms with Crippen molar-refractivity contribution in [2.45, 2.75) is 33.7 Å². The molecule has 1 atom stereocenters. The SMILES string of the molecule is CC1(C)C(C(N)c2ccc(F)c3ccccc23)C1(C)C. The molecule has 1 fully saturated rings. The van der Waals surface area contributed by atoms with Gasteiger partial charge in [0.2, 0.25) is 0 Å². The molecule has 2 heteroatoms. The minimum absolute atomic E-state index is 0.0505. The molecule has 2 N–H and O–H groups in total. The summed E-state index contributed by atoms with van der Waals surface area (Å²) in [4.78, 5) is 0. The third-order valence-corrected chi connectivity index (χ3v) is 5.76. The lowest BCUT2D eigenvalue weighted by Gasteiger charge is -2.17. The normalized spacial score (nSPS) is 21.9. The number of hydrogen-bond donors (Lipinski definition) is 1. The van der Waals surface area contributed by atoms with Gasteiger partial charge in [-0.3, -0.25) is 0 Å². The highest BCUT2D eigenvalue weighted by Crippen LogP contribution is 2.72. The molecule has 0 heterocycles. The van der Waals surface area contributed by atoms with Gasteiger partial charge in [0, 0.05) is 11.4 Å². The van der Waals surface area contributed by atoms with Crippen molar-refractivity contribution in [2.75, 3.05) is 0 Å². The van der Waals surface area contributed by atoms with Crippen LogP contribution in [-0.2, 0) is 0 Å². The molecule has 0 aliphatic heterocycles. The molecule has 0 radical (unpaired) electrons. The summed E-state index contributed by atoms with van der Waals surface area (Å²) in [6.45, 7) is 9.07. The van der Waals surface area contributed by atoms with Crippen LogP contribution >= 0.6 is 0 Å². The van der Waals surface area contributed by atoms with Crippen LogP contribution in [0.5, 0.6) is 0 Å². The Balaban J connectivity index is 2.11. The summed E-state index contributed by atoms with van der Waals surface area (Å²) in [6, 6.07) is 10.9. The summed E-state index contributed by atoms with van der Waals surface area (Å²) in [6.07, 6.45) is 0. The first kappa shape index (κ1) is 13.6. The van der Waals surface area contributed by atoms with E-state index in [4.69, 9.17) is 5.73 Å². The number of halogens is 1. The van der Waals surface area contributed by atoms with Crippen LogP contribution in [-0.4, -0.2) is 0 Å². The Morgan fingerprint density at radius 3 is 2.05 bits per heavy atom.